The smallest absolute Gasteiger partial charge is 0.341 e. The largest absolute Gasteiger partial charge is 0.503 e. The number of hydrogen-bond donors (Lipinski definition) is 2. The summed E-state index contributed by atoms with van der Waals surface area (Å²) in [5.74, 6) is -2.30. The van der Waals surface area contributed by atoms with Crippen molar-refractivity contribution in [3.05, 3.63) is 44.7 Å². The lowest BCUT2D eigenvalue weighted by Gasteiger charge is -2.12. The summed E-state index contributed by atoms with van der Waals surface area (Å²) in [6.45, 7) is 3.55. The summed E-state index contributed by atoms with van der Waals surface area (Å²) >= 11 is 0. The highest BCUT2D eigenvalue weighted by atomic mass is 16.4. The van der Waals surface area contributed by atoms with Crippen molar-refractivity contribution in [1.29, 1.82) is 0 Å². The Morgan fingerprint density at radius 2 is 1.89 bits per heavy atom. The Bertz CT molecular complexity index is 785. The molecule has 0 aliphatic carbocycles. The fourth-order valence-electron chi connectivity index (χ4n) is 1.84. The lowest BCUT2D eigenvalue weighted by Crippen LogP contribution is -2.26. The zero-order chi connectivity index (χ0) is 14.3. The van der Waals surface area contributed by atoms with E-state index < -0.39 is 28.3 Å². The van der Waals surface area contributed by atoms with Crippen molar-refractivity contribution < 1.29 is 15.0 Å². The Hall–Kier alpha value is -2.57. The molecule has 0 spiro atoms. The van der Waals surface area contributed by atoms with Crippen molar-refractivity contribution in [2.24, 2.45) is 0 Å². The van der Waals surface area contributed by atoms with Gasteiger partial charge in [0.25, 0.3) is 5.56 Å². The number of hydrogen-bond acceptors (Lipinski definition) is 4. The quantitative estimate of drug-likeness (QED) is 0.819. The molecule has 7 heteroatoms. The number of aromatic hydroxyl groups is 1. The van der Waals surface area contributed by atoms with Gasteiger partial charge in [0, 0.05) is 24.6 Å². The maximum atomic E-state index is 12.1. The van der Waals surface area contributed by atoms with E-state index in [9.17, 15) is 19.5 Å². The van der Waals surface area contributed by atoms with E-state index in [1.54, 1.807) is 13.8 Å². The molecule has 0 saturated heterocycles. The molecule has 7 nitrogen and oxygen atoms in total. The number of aromatic nitrogens is 2. The summed E-state index contributed by atoms with van der Waals surface area (Å²) in [5.41, 5.74) is -2.43. The van der Waals surface area contributed by atoms with Crippen molar-refractivity contribution in [1.82, 2.24) is 8.97 Å². The van der Waals surface area contributed by atoms with Gasteiger partial charge >= 0.3 is 5.97 Å². The molecule has 0 aromatic carbocycles. The first kappa shape index (κ1) is 12.9. The van der Waals surface area contributed by atoms with E-state index in [4.69, 9.17) is 5.11 Å². The van der Waals surface area contributed by atoms with Gasteiger partial charge in [0.05, 0.1) is 0 Å². The van der Waals surface area contributed by atoms with Crippen LogP contribution in [-0.2, 0) is 0 Å². The van der Waals surface area contributed by atoms with E-state index in [0.717, 1.165) is 10.6 Å². The van der Waals surface area contributed by atoms with Crippen LogP contribution in [0.2, 0.25) is 0 Å². The van der Waals surface area contributed by atoms with Crippen LogP contribution >= 0.6 is 0 Å². The van der Waals surface area contributed by atoms with Gasteiger partial charge in [0.2, 0.25) is 5.43 Å². The molecule has 0 atom stereocenters. The molecule has 19 heavy (non-hydrogen) atoms. The molecule has 0 saturated carbocycles. The Balaban J connectivity index is 2.98. The Morgan fingerprint density at radius 3 is 2.42 bits per heavy atom. The zero-order valence-corrected chi connectivity index (χ0v) is 10.3. The molecule has 2 heterocycles. The van der Waals surface area contributed by atoms with Crippen molar-refractivity contribution in [2.75, 3.05) is 0 Å². The van der Waals surface area contributed by atoms with Gasteiger partial charge in [0.1, 0.15) is 5.56 Å². The van der Waals surface area contributed by atoms with Crippen molar-refractivity contribution in [2.45, 2.75) is 19.9 Å². The Labute approximate surface area is 107 Å². The third-order valence-corrected chi connectivity index (χ3v) is 2.82. The second kappa shape index (κ2) is 4.27. The minimum atomic E-state index is -1.46. The summed E-state index contributed by atoms with van der Waals surface area (Å²) in [6.07, 6.45) is 3.91. The van der Waals surface area contributed by atoms with E-state index in [0.29, 0.717) is 0 Å². The number of carboxylic acid groups (broad SMARTS) is 1. The molecule has 0 bridgehead atoms. The monoisotopic (exact) mass is 264 g/mol. The van der Waals surface area contributed by atoms with E-state index in [1.165, 1.54) is 17.0 Å². The molecule has 0 aliphatic rings. The normalized spacial score (nSPS) is 11.1. The van der Waals surface area contributed by atoms with Crippen LogP contribution in [0.1, 0.15) is 30.2 Å². The van der Waals surface area contributed by atoms with Gasteiger partial charge in [-0.05, 0) is 13.8 Å². The van der Waals surface area contributed by atoms with Crippen LogP contribution in [0, 0.1) is 0 Å². The van der Waals surface area contributed by atoms with Gasteiger partial charge in [-0.2, -0.15) is 0 Å². The van der Waals surface area contributed by atoms with Crippen LogP contribution in [-0.4, -0.2) is 25.2 Å². The summed E-state index contributed by atoms with van der Waals surface area (Å²) < 4.78 is 2.48. The summed E-state index contributed by atoms with van der Waals surface area (Å²) in [7, 11) is 0. The topological polar surface area (TPSA) is 101 Å². The molecular weight excluding hydrogens is 252 g/mol. The van der Waals surface area contributed by atoms with Crippen LogP contribution in [0.4, 0.5) is 0 Å². The second-order valence-corrected chi connectivity index (χ2v) is 4.39. The van der Waals surface area contributed by atoms with Crippen molar-refractivity contribution in [3.8, 4) is 5.75 Å². The number of nitrogens with zero attached hydrogens (tertiary/aromatic N) is 2. The molecule has 0 aliphatic heterocycles. The average Bonchev–Trinajstić information content (AvgIpc) is 2.32. The fourth-order valence-corrected chi connectivity index (χ4v) is 1.84. The Morgan fingerprint density at radius 1 is 1.26 bits per heavy atom. The van der Waals surface area contributed by atoms with E-state index in [-0.39, 0.29) is 11.6 Å². The molecule has 0 amide bonds. The van der Waals surface area contributed by atoms with Crippen LogP contribution in [0.15, 0.2) is 28.2 Å². The highest BCUT2D eigenvalue weighted by Gasteiger charge is 2.18. The molecule has 0 fully saturated rings. The lowest BCUT2D eigenvalue weighted by atomic mass is 10.2. The predicted octanol–water partition coefficient (Wildman–Crippen LogP) is 0.446. The third kappa shape index (κ3) is 1.88. The third-order valence-electron chi connectivity index (χ3n) is 2.82. The number of pyridine rings is 1. The minimum absolute atomic E-state index is 0.147. The van der Waals surface area contributed by atoms with Gasteiger partial charge in [-0.25, -0.2) is 4.79 Å². The number of carbonyl (C=O) groups is 1. The minimum Gasteiger partial charge on any atom is -0.503 e. The standard InChI is InChI=1S/C12H12N2O5/c1-6(2)14-4-3-13-5-7(12(18)19)9(15)10(16)8(13)11(14)17/h3-6,16H,1-2H3,(H,18,19). The number of carboxylic acids is 1. The van der Waals surface area contributed by atoms with Gasteiger partial charge in [-0.3, -0.25) is 9.59 Å². The molecule has 100 valence electrons. The van der Waals surface area contributed by atoms with Gasteiger partial charge in [-0.15, -0.1) is 0 Å². The molecular formula is C12H12N2O5. The Kier molecular flexibility index (Phi) is 2.89. The van der Waals surface area contributed by atoms with E-state index in [1.807, 2.05) is 0 Å². The molecule has 2 aromatic rings. The van der Waals surface area contributed by atoms with Crippen LogP contribution in [0.5, 0.6) is 5.75 Å². The molecule has 0 unspecified atom stereocenters. The first-order chi connectivity index (χ1) is 8.84. The molecule has 0 radical (unpaired) electrons. The number of rotatable bonds is 2. The number of fused-ring (bicyclic) bond motifs is 1. The van der Waals surface area contributed by atoms with Gasteiger partial charge in [0.15, 0.2) is 11.3 Å². The summed E-state index contributed by atoms with van der Waals surface area (Å²) in [4.78, 5) is 34.7. The molecule has 2 N–H and O–H groups in total. The highest BCUT2D eigenvalue weighted by Crippen LogP contribution is 2.12. The first-order valence-electron chi connectivity index (χ1n) is 5.57. The molecule has 2 rings (SSSR count). The maximum Gasteiger partial charge on any atom is 0.341 e. The lowest BCUT2D eigenvalue weighted by molar-refractivity contribution is 0.0694. The average molecular weight is 264 g/mol. The van der Waals surface area contributed by atoms with E-state index in [2.05, 4.69) is 0 Å². The first-order valence-corrected chi connectivity index (χ1v) is 5.57. The van der Waals surface area contributed by atoms with Crippen LogP contribution in [0.3, 0.4) is 0 Å². The van der Waals surface area contributed by atoms with Crippen LogP contribution in [0.25, 0.3) is 5.52 Å². The fraction of sp³-hybridized carbons (Fsp3) is 0.250. The van der Waals surface area contributed by atoms with E-state index >= 15 is 0 Å². The van der Waals surface area contributed by atoms with Gasteiger partial charge < -0.3 is 19.2 Å². The van der Waals surface area contributed by atoms with Crippen molar-refractivity contribution in [3.63, 3.8) is 0 Å². The maximum absolute atomic E-state index is 12.1. The summed E-state index contributed by atoms with van der Waals surface area (Å²) in [5, 5.41) is 18.6. The van der Waals surface area contributed by atoms with Crippen molar-refractivity contribution >= 4 is 11.5 Å². The molecule has 2 aromatic heterocycles. The highest BCUT2D eigenvalue weighted by molar-refractivity contribution is 5.88. The second-order valence-electron chi connectivity index (χ2n) is 4.39. The predicted molar refractivity (Wildman–Crippen MR) is 66.9 cm³/mol. The zero-order valence-electron chi connectivity index (χ0n) is 10.3. The summed E-state index contributed by atoms with van der Waals surface area (Å²) in [6, 6.07) is -0.147. The van der Waals surface area contributed by atoms with Gasteiger partial charge in [-0.1, -0.05) is 0 Å². The van der Waals surface area contributed by atoms with Crippen LogP contribution < -0.4 is 11.0 Å². The SMILES string of the molecule is CC(C)n1ccn2cc(C(=O)O)c(=O)c(O)c2c1=O. The number of aromatic carboxylic acids is 1.